The van der Waals surface area contributed by atoms with Crippen LogP contribution in [0.5, 0.6) is 0 Å². The maximum Gasteiger partial charge on any atom is 0.233 e. The van der Waals surface area contributed by atoms with E-state index in [1.165, 1.54) is 23.7 Å². The first kappa shape index (κ1) is 19.9. The molecule has 1 aromatic carbocycles. The first-order valence-corrected chi connectivity index (χ1v) is 10.5. The van der Waals surface area contributed by atoms with Gasteiger partial charge in [-0.25, -0.2) is 0 Å². The molecule has 27 heavy (non-hydrogen) atoms. The Morgan fingerprint density at radius 1 is 1.30 bits per heavy atom. The number of piperidine rings is 1. The summed E-state index contributed by atoms with van der Waals surface area (Å²) in [6, 6.07) is 10.2. The van der Waals surface area contributed by atoms with Crippen molar-refractivity contribution < 1.29 is 9.53 Å². The quantitative estimate of drug-likeness (QED) is 0.651. The van der Waals surface area contributed by atoms with Gasteiger partial charge in [0.1, 0.15) is 5.82 Å². The number of likely N-dealkylation sites (tertiary alicyclic amines) is 1. The molecule has 1 amide bonds. The lowest BCUT2D eigenvalue weighted by atomic mass is 10.0. The number of carbonyl (C=O) groups excluding carboxylic acids is 1. The molecule has 1 aliphatic heterocycles. The molecule has 1 atom stereocenters. The van der Waals surface area contributed by atoms with Gasteiger partial charge in [0.05, 0.1) is 12.4 Å². The van der Waals surface area contributed by atoms with E-state index in [-0.39, 0.29) is 5.91 Å². The third kappa shape index (κ3) is 5.56. The molecule has 1 fully saturated rings. The van der Waals surface area contributed by atoms with Crippen LogP contribution >= 0.6 is 11.8 Å². The molecule has 3 rings (SSSR count). The van der Waals surface area contributed by atoms with Crippen LogP contribution in [0, 0.1) is 5.92 Å². The second-order valence-corrected chi connectivity index (χ2v) is 8.02. The summed E-state index contributed by atoms with van der Waals surface area (Å²) in [5.41, 5.74) is 1.19. The van der Waals surface area contributed by atoms with Gasteiger partial charge in [-0.3, -0.25) is 4.79 Å². The van der Waals surface area contributed by atoms with E-state index in [0.717, 1.165) is 36.9 Å². The summed E-state index contributed by atoms with van der Waals surface area (Å²) in [4.78, 5) is 14.6. The number of amides is 1. The van der Waals surface area contributed by atoms with Crippen molar-refractivity contribution in [1.82, 2.24) is 19.7 Å². The van der Waals surface area contributed by atoms with E-state index < -0.39 is 0 Å². The van der Waals surface area contributed by atoms with Crippen LogP contribution in [-0.4, -0.2) is 58.1 Å². The molecule has 0 aliphatic carbocycles. The van der Waals surface area contributed by atoms with Crippen LogP contribution in [0.1, 0.15) is 31.2 Å². The fourth-order valence-electron chi connectivity index (χ4n) is 3.38. The van der Waals surface area contributed by atoms with Crippen molar-refractivity contribution >= 4 is 17.7 Å². The highest BCUT2D eigenvalue weighted by molar-refractivity contribution is 7.99. The summed E-state index contributed by atoms with van der Waals surface area (Å²) in [6.07, 6.45) is 3.03. The highest BCUT2D eigenvalue weighted by Crippen LogP contribution is 2.21. The van der Waals surface area contributed by atoms with E-state index in [9.17, 15) is 4.79 Å². The van der Waals surface area contributed by atoms with E-state index in [1.54, 1.807) is 7.11 Å². The zero-order chi connectivity index (χ0) is 19.1. The van der Waals surface area contributed by atoms with Gasteiger partial charge in [-0.05, 0) is 24.3 Å². The molecular weight excluding hydrogens is 360 g/mol. The van der Waals surface area contributed by atoms with Gasteiger partial charge >= 0.3 is 0 Å². The third-order valence-electron chi connectivity index (χ3n) is 4.85. The second kappa shape index (κ2) is 9.90. The zero-order valence-corrected chi connectivity index (χ0v) is 17.0. The number of hydrogen-bond acceptors (Lipinski definition) is 5. The second-order valence-electron chi connectivity index (χ2n) is 7.08. The highest BCUT2D eigenvalue weighted by Gasteiger charge is 2.22. The molecule has 146 valence electrons. The Morgan fingerprint density at radius 2 is 2.11 bits per heavy atom. The Bertz CT molecular complexity index is 735. The van der Waals surface area contributed by atoms with Crippen molar-refractivity contribution in [3.8, 4) is 0 Å². The van der Waals surface area contributed by atoms with E-state index in [0.29, 0.717) is 24.8 Å². The summed E-state index contributed by atoms with van der Waals surface area (Å²) in [6.45, 7) is 5.23. The molecule has 0 saturated carbocycles. The summed E-state index contributed by atoms with van der Waals surface area (Å²) in [5, 5.41) is 9.51. The molecule has 0 spiro atoms. The summed E-state index contributed by atoms with van der Waals surface area (Å²) < 4.78 is 7.32. The number of benzene rings is 1. The molecular formula is C20H28N4O2S. The number of ether oxygens (including phenoxy) is 1. The van der Waals surface area contributed by atoms with Gasteiger partial charge in [0.2, 0.25) is 5.91 Å². The minimum atomic E-state index is 0.192. The number of hydrogen-bond donors (Lipinski definition) is 0. The lowest BCUT2D eigenvalue weighted by molar-refractivity contribution is -0.130. The minimum Gasteiger partial charge on any atom is -0.383 e. The Morgan fingerprint density at radius 3 is 2.85 bits per heavy atom. The number of rotatable bonds is 8. The topological polar surface area (TPSA) is 60.2 Å². The van der Waals surface area contributed by atoms with E-state index in [1.807, 2.05) is 23.1 Å². The van der Waals surface area contributed by atoms with Crippen LogP contribution in [0.2, 0.25) is 0 Å². The van der Waals surface area contributed by atoms with Crippen molar-refractivity contribution in [3.63, 3.8) is 0 Å². The van der Waals surface area contributed by atoms with Crippen LogP contribution in [0.4, 0.5) is 0 Å². The Labute approximate surface area is 165 Å². The van der Waals surface area contributed by atoms with Gasteiger partial charge in [-0.2, -0.15) is 0 Å². The molecule has 2 aromatic rings. The number of carbonyl (C=O) groups is 1. The van der Waals surface area contributed by atoms with Crippen LogP contribution < -0.4 is 0 Å². The van der Waals surface area contributed by atoms with E-state index in [4.69, 9.17) is 4.74 Å². The standard InChI is InChI=1S/C20H28N4O2S/c1-16-7-6-10-23(14-16)19(25)15-27-20-22-21-18(24(20)11-12-26-2)13-17-8-4-3-5-9-17/h3-5,8-9,16H,6-7,10-15H2,1-2H3. The van der Waals surface area contributed by atoms with E-state index in [2.05, 4.69) is 33.8 Å². The Kier molecular flexibility index (Phi) is 7.29. The molecule has 6 nitrogen and oxygen atoms in total. The number of methoxy groups -OCH3 is 1. The van der Waals surface area contributed by atoms with Gasteiger partial charge in [-0.15, -0.1) is 10.2 Å². The monoisotopic (exact) mass is 388 g/mol. The summed E-state index contributed by atoms with van der Waals surface area (Å²) in [5.74, 6) is 2.09. The maximum absolute atomic E-state index is 12.6. The average molecular weight is 389 g/mol. The van der Waals surface area contributed by atoms with Crippen molar-refractivity contribution in [2.24, 2.45) is 5.92 Å². The molecule has 0 bridgehead atoms. The molecule has 7 heteroatoms. The highest BCUT2D eigenvalue weighted by atomic mass is 32.2. The van der Waals surface area contributed by atoms with Crippen molar-refractivity contribution in [1.29, 1.82) is 0 Å². The largest absolute Gasteiger partial charge is 0.383 e. The minimum absolute atomic E-state index is 0.192. The molecule has 1 aromatic heterocycles. The van der Waals surface area contributed by atoms with E-state index >= 15 is 0 Å². The van der Waals surface area contributed by atoms with Crippen LogP contribution in [0.25, 0.3) is 0 Å². The first-order valence-electron chi connectivity index (χ1n) is 9.53. The lowest BCUT2D eigenvalue weighted by Crippen LogP contribution is -2.40. The molecule has 1 saturated heterocycles. The van der Waals surface area contributed by atoms with Crippen molar-refractivity contribution in [2.75, 3.05) is 32.6 Å². The fourth-order valence-corrected chi connectivity index (χ4v) is 4.26. The van der Waals surface area contributed by atoms with Gasteiger partial charge in [-0.1, -0.05) is 49.0 Å². The third-order valence-corrected chi connectivity index (χ3v) is 5.80. The smallest absolute Gasteiger partial charge is 0.233 e. The first-order chi connectivity index (χ1) is 13.2. The van der Waals surface area contributed by atoms with Gasteiger partial charge in [0, 0.05) is 33.2 Å². The SMILES string of the molecule is COCCn1c(Cc2ccccc2)nnc1SCC(=O)N1CCCC(C)C1. The lowest BCUT2D eigenvalue weighted by Gasteiger charge is -2.30. The maximum atomic E-state index is 12.6. The normalized spacial score (nSPS) is 17.3. The predicted octanol–water partition coefficient (Wildman–Crippen LogP) is 2.87. The zero-order valence-electron chi connectivity index (χ0n) is 16.1. The Hall–Kier alpha value is -1.86. The van der Waals surface area contributed by atoms with Crippen LogP contribution in [-0.2, 0) is 22.5 Å². The van der Waals surface area contributed by atoms with Crippen LogP contribution in [0.3, 0.4) is 0 Å². The van der Waals surface area contributed by atoms with Gasteiger partial charge < -0.3 is 14.2 Å². The number of thioether (sulfide) groups is 1. The summed E-state index contributed by atoms with van der Waals surface area (Å²) >= 11 is 1.47. The van der Waals surface area contributed by atoms with Crippen LogP contribution in [0.15, 0.2) is 35.5 Å². The predicted molar refractivity (Wildman–Crippen MR) is 107 cm³/mol. The van der Waals surface area contributed by atoms with Gasteiger partial charge in [0.15, 0.2) is 5.16 Å². The Balaban J connectivity index is 1.66. The van der Waals surface area contributed by atoms with Crippen molar-refractivity contribution in [2.45, 2.75) is 37.9 Å². The fraction of sp³-hybridized carbons (Fsp3) is 0.550. The molecule has 0 N–H and O–H groups in total. The average Bonchev–Trinajstić information content (AvgIpc) is 3.06. The molecule has 0 radical (unpaired) electrons. The molecule has 2 heterocycles. The summed E-state index contributed by atoms with van der Waals surface area (Å²) in [7, 11) is 1.69. The van der Waals surface area contributed by atoms with Gasteiger partial charge in [0.25, 0.3) is 0 Å². The molecule has 1 aliphatic rings. The molecule has 1 unspecified atom stereocenters. The number of nitrogens with zero attached hydrogens (tertiary/aromatic N) is 4. The van der Waals surface area contributed by atoms with Crippen molar-refractivity contribution in [3.05, 3.63) is 41.7 Å². The number of aromatic nitrogens is 3.